The second-order valence-corrected chi connectivity index (χ2v) is 5.42. The van der Waals surface area contributed by atoms with E-state index in [2.05, 4.69) is 20.8 Å². The van der Waals surface area contributed by atoms with Crippen LogP contribution in [0.5, 0.6) is 0 Å². The zero-order valence-electron chi connectivity index (χ0n) is 10.6. The first kappa shape index (κ1) is 14.1. The molecule has 0 aliphatic rings. The zero-order valence-corrected chi connectivity index (χ0v) is 12.2. The lowest BCUT2D eigenvalue weighted by atomic mass is 10.1. The highest BCUT2D eigenvalue weighted by molar-refractivity contribution is 9.10. The van der Waals surface area contributed by atoms with Crippen molar-refractivity contribution in [1.82, 2.24) is 4.57 Å². The summed E-state index contributed by atoms with van der Waals surface area (Å²) in [4.78, 5) is 3.50. The predicted octanol–water partition coefficient (Wildman–Crippen LogP) is 3.01. The van der Waals surface area contributed by atoms with Gasteiger partial charge in [-0.3, -0.25) is 0 Å². The van der Waals surface area contributed by atoms with E-state index in [9.17, 15) is 5.11 Å². The molecule has 2 N–H and O–H groups in total. The lowest BCUT2D eigenvalue weighted by Crippen LogP contribution is -2.14. The summed E-state index contributed by atoms with van der Waals surface area (Å²) >= 11 is 3.49. The Morgan fingerprint density at radius 3 is 2.84 bits per heavy atom. The molecule has 2 aromatic rings. The van der Waals surface area contributed by atoms with Gasteiger partial charge in [0.15, 0.2) is 5.69 Å². The number of aromatic nitrogens is 1. The molecule has 0 aliphatic carbocycles. The number of benzene rings is 1. The number of rotatable bonds is 4. The van der Waals surface area contributed by atoms with E-state index >= 15 is 0 Å². The van der Waals surface area contributed by atoms with Crippen LogP contribution in [0.15, 0.2) is 22.8 Å². The highest BCUT2D eigenvalue weighted by Crippen LogP contribution is 2.32. The van der Waals surface area contributed by atoms with E-state index in [1.165, 1.54) is 0 Å². The second kappa shape index (κ2) is 5.74. The average molecular weight is 323 g/mol. The smallest absolute Gasteiger partial charge is 0.190 e. The van der Waals surface area contributed by atoms with E-state index < -0.39 is 6.10 Å². The molecule has 0 saturated carbocycles. The third-order valence-corrected chi connectivity index (χ3v) is 3.82. The molecule has 5 heteroatoms. The van der Waals surface area contributed by atoms with Gasteiger partial charge in [0.25, 0.3) is 0 Å². The van der Waals surface area contributed by atoms with Crippen LogP contribution in [-0.2, 0) is 6.54 Å². The second-order valence-electron chi connectivity index (χ2n) is 4.56. The summed E-state index contributed by atoms with van der Waals surface area (Å²) in [6.45, 7) is 9.46. The fourth-order valence-electron chi connectivity index (χ4n) is 2.07. The average Bonchev–Trinajstić information content (AvgIpc) is 2.71. The van der Waals surface area contributed by atoms with Crippen molar-refractivity contribution in [3.8, 4) is 0 Å². The fraction of sp³-hybridized carbons (Fsp3) is 0.357. The van der Waals surface area contributed by atoms with Crippen LogP contribution < -0.4 is 0 Å². The summed E-state index contributed by atoms with van der Waals surface area (Å²) in [6.07, 6.45) is 1.75. The fourth-order valence-corrected chi connectivity index (χ4v) is 2.64. The minimum Gasteiger partial charge on any atom is -0.394 e. The first-order chi connectivity index (χ1) is 9.06. The van der Waals surface area contributed by atoms with E-state index in [4.69, 9.17) is 11.7 Å². The van der Waals surface area contributed by atoms with Gasteiger partial charge in [0.05, 0.1) is 19.3 Å². The van der Waals surface area contributed by atoms with Gasteiger partial charge in [-0.15, -0.1) is 0 Å². The molecule has 4 nitrogen and oxygen atoms in total. The molecule has 2 rings (SSSR count). The minimum absolute atomic E-state index is 0.221. The van der Waals surface area contributed by atoms with E-state index in [-0.39, 0.29) is 6.61 Å². The van der Waals surface area contributed by atoms with Crippen LogP contribution in [-0.4, -0.2) is 27.5 Å². The van der Waals surface area contributed by atoms with Crippen molar-refractivity contribution in [2.45, 2.75) is 26.0 Å². The van der Waals surface area contributed by atoms with Crippen molar-refractivity contribution in [2.75, 3.05) is 6.61 Å². The van der Waals surface area contributed by atoms with Crippen molar-refractivity contribution >= 4 is 32.5 Å². The molecular formula is C14H15BrN2O2. The van der Waals surface area contributed by atoms with Gasteiger partial charge in [-0.05, 0) is 47.0 Å². The number of hydrogen-bond acceptors (Lipinski definition) is 2. The Hall–Kier alpha value is -1.35. The summed E-state index contributed by atoms with van der Waals surface area (Å²) in [5.41, 5.74) is 2.63. The Bertz CT molecular complexity index is 643. The van der Waals surface area contributed by atoms with Gasteiger partial charge in [0.1, 0.15) is 0 Å². The van der Waals surface area contributed by atoms with Crippen molar-refractivity contribution in [3.05, 3.63) is 39.8 Å². The molecule has 1 heterocycles. The predicted molar refractivity (Wildman–Crippen MR) is 78.3 cm³/mol. The lowest BCUT2D eigenvalue weighted by Gasteiger charge is -2.09. The van der Waals surface area contributed by atoms with Crippen LogP contribution in [0.4, 0.5) is 5.69 Å². The van der Waals surface area contributed by atoms with Crippen LogP contribution in [0.2, 0.25) is 0 Å². The van der Waals surface area contributed by atoms with Crippen LogP contribution in [0.1, 0.15) is 12.0 Å². The molecule has 0 aliphatic heterocycles. The summed E-state index contributed by atoms with van der Waals surface area (Å²) in [6, 6.07) is 3.86. The first-order valence-corrected chi connectivity index (χ1v) is 6.81. The van der Waals surface area contributed by atoms with Crippen LogP contribution in [0, 0.1) is 13.5 Å². The SMILES string of the molecule is [C-]#[N+]c1cc2c(Br)cn(CCC(O)CO)c2cc1C. The Kier molecular flexibility index (Phi) is 4.25. The number of hydrogen-bond donors (Lipinski definition) is 2. The van der Waals surface area contributed by atoms with Gasteiger partial charge in [-0.25, -0.2) is 4.85 Å². The maximum Gasteiger partial charge on any atom is 0.190 e. The molecule has 1 unspecified atom stereocenters. The Morgan fingerprint density at radius 2 is 2.21 bits per heavy atom. The summed E-state index contributed by atoms with van der Waals surface area (Å²) < 4.78 is 2.96. The lowest BCUT2D eigenvalue weighted by molar-refractivity contribution is 0.0849. The largest absolute Gasteiger partial charge is 0.394 e. The van der Waals surface area contributed by atoms with Crippen LogP contribution in [0.3, 0.4) is 0 Å². The molecule has 0 spiro atoms. The molecular weight excluding hydrogens is 308 g/mol. The van der Waals surface area contributed by atoms with Crippen LogP contribution in [0.25, 0.3) is 15.7 Å². The van der Waals surface area contributed by atoms with Crippen molar-refractivity contribution < 1.29 is 10.2 Å². The molecule has 1 atom stereocenters. The maximum absolute atomic E-state index is 9.42. The van der Waals surface area contributed by atoms with E-state index in [1.54, 1.807) is 0 Å². The summed E-state index contributed by atoms with van der Waals surface area (Å²) in [5, 5.41) is 19.3. The van der Waals surface area contributed by atoms with Gasteiger partial charge in [-0.1, -0.05) is 0 Å². The highest BCUT2D eigenvalue weighted by atomic mass is 79.9. The normalized spacial score (nSPS) is 12.6. The minimum atomic E-state index is -0.695. The van der Waals surface area contributed by atoms with Crippen LogP contribution >= 0.6 is 15.9 Å². The number of nitrogens with zero attached hydrogens (tertiary/aromatic N) is 2. The summed E-state index contributed by atoms with van der Waals surface area (Å²) in [5.74, 6) is 0. The zero-order chi connectivity index (χ0) is 14.0. The van der Waals surface area contributed by atoms with Gasteiger partial charge in [0.2, 0.25) is 0 Å². The van der Waals surface area contributed by atoms with Gasteiger partial charge < -0.3 is 14.8 Å². The Labute approximate surface area is 120 Å². The maximum atomic E-state index is 9.42. The summed E-state index contributed by atoms with van der Waals surface area (Å²) in [7, 11) is 0. The van der Waals surface area contributed by atoms with Crippen molar-refractivity contribution in [3.63, 3.8) is 0 Å². The Balaban J connectivity index is 2.41. The molecule has 19 heavy (non-hydrogen) atoms. The monoisotopic (exact) mass is 322 g/mol. The Morgan fingerprint density at radius 1 is 1.47 bits per heavy atom. The number of aliphatic hydroxyl groups excluding tert-OH is 2. The molecule has 0 bridgehead atoms. The number of halogens is 1. The molecule has 0 fully saturated rings. The van der Waals surface area contributed by atoms with Crippen molar-refractivity contribution in [1.29, 1.82) is 0 Å². The topological polar surface area (TPSA) is 49.8 Å². The number of aliphatic hydroxyl groups is 2. The molecule has 1 aromatic carbocycles. The molecule has 0 amide bonds. The quantitative estimate of drug-likeness (QED) is 0.850. The number of fused-ring (bicyclic) bond motifs is 1. The third kappa shape index (κ3) is 2.81. The van der Waals surface area contributed by atoms with Gasteiger partial charge >= 0.3 is 0 Å². The third-order valence-electron chi connectivity index (χ3n) is 3.18. The highest BCUT2D eigenvalue weighted by Gasteiger charge is 2.11. The molecule has 100 valence electrons. The number of aryl methyl sites for hydroxylation is 2. The van der Waals surface area contributed by atoms with E-state index in [0.717, 1.165) is 20.9 Å². The van der Waals surface area contributed by atoms with Crippen molar-refractivity contribution in [2.24, 2.45) is 0 Å². The molecule has 0 radical (unpaired) electrons. The molecule has 0 saturated heterocycles. The first-order valence-electron chi connectivity index (χ1n) is 6.02. The van der Waals surface area contributed by atoms with Gasteiger partial charge in [-0.2, -0.15) is 0 Å². The van der Waals surface area contributed by atoms with Gasteiger partial charge in [0, 0.05) is 28.1 Å². The molecule has 1 aromatic heterocycles. The standard InChI is InChI=1S/C14H15BrN2O2/c1-9-5-14-11(6-13(9)16-2)12(15)7-17(14)4-3-10(19)8-18/h5-7,10,18-19H,3-4,8H2,1H3. The van der Waals surface area contributed by atoms with E-state index in [0.29, 0.717) is 18.7 Å². The van der Waals surface area contributed by atoms with E-state index in [1.807, 2.05) is 29.8 Å².